The van der Waals surface area contributed by atoms with Crippen LogP contribution in [-0.2, 0) is 16.1 Å². The van der Waals surface area contributed by atoms with Crippen molar-refractivity contribution in [3.8, 4) is 0 Å². The van der Waals surface area contributed by atoms with E-state index in [0.29, 0.717) is 24.8 Å². The van der Waals surface area contributed by atoms with E-state index in [1.165, 1.54) is 11.9 Å². The van der Waals surface area contributed by atoms with E-state index in [0.717, 1.165) is 26.1 Å². The maximum atomic E-state index is 12.7. The zero-order chi connectivity index (χ0) is 18.8. The first-order valence-corrected chi connectivity index (χ1v) is 9.56. The Kier molecular flexibility index (Phi) is 4.92. The number of aromatic nitrogens is 3. The Morgan fingerprint density at radius 2 is 1.96 bits per heavy atom. The van der Waals surface area contributed by atoms with Crippen LogP contribution in [0.4, 0.5) is 0 Å². The third kappa shape index (κ3) is 3.59. The van der Waals surface area contributed by atoms with Gasteiger partial charge in [0.15, 0.2) is 0 Å². The Bertz CT molecular complexity index is 792. The first kappa shape index (κ1) is 17.7. The van der Waals surface area contributed by atoms with Crippen molar-refractivity contribution in [1.29, 1.82) is 0 Å². The Balaban J connectivity index is 1.40. The highest BCUT2D eigenvalue weighted by Crippen LogP contribution is 2.45. The molecule has 1 aromatic heterocycles. The third-order valence-electron chi connectivity index (χ3n) is 5.81. The Labute approximate surface area is 159 Å². The number of nitrogens with zero attached hydrogens (tertiary/aromatic N) is 5. The van der Waals surface area contributed by atoms with Crippen molar-refractivity contribution in [3.63, 3.8) is 0 Å². The smallest absolute Gasteiger partial charge is 0.222 e. The minimum atomic E-state index is 0.0710. The molecule has 2 amide bonds. The van der Waals surface area contributed by atoms with Gasteiger partial charge in [-0.3, -0.25) is 14.3 Å². The van der Waals surface area contributed by atoms with Crippen LogP contribution >= 0.6 is 0 Å². The van der Waals surface area contributed by atoms with Crippen LogP contribution in [-0.4, -0.2) is 56.0 Å². The van der Waals surface area contributed by atoms with Gasteiger partial charge < -0.3 is 9.80 Å². The number of hydrogen-bond acceptors (Lipinski definition) is 4. The largest absolute Gasteiger partial charge is 0.342 e. The minimum absolute atomic E-state index is 0.0710. The van der Waals surface area contributed by atoms with E-state index < -0.39 is 0 Å². The van der Waals surface area contributed by atoms with Gasteiger partial charge in [-0.15, -0.1) is 0 Å². The van der Waals surface area contributed by atoms with Crippen LogP contribution in [0.3, 0.4) is 0 Å². The lowest BCUT2D eigenvalue weighted by Gasteiger charge is -2.29. The molecule has 2 aliphatic heterocycles. The molecule has 0 bridgehead atoms. The summed E-state index contributed by atoms with van der Waals surface area (Å²) in [4.78, 5) is 32.7. The molecule has 1 aromatic carbocycles. The fourth-order valence-electron chi connectivity index (χ4n) is 4.55. The van der Waals surface area contributed by atoms with Crippen LogP contribution < -0.4 is 0 Å². The third-order valence-corrected chi connectivity index (χ3v) is 5.81. The number of fused-ring (bicyclic) bond motifs is 1. The van der Waals surface area contributed by atoms with E-state index >= 15 is 0 Å². The van der Waals surface area contributed by atoms with Crippen molar-refractivity contribution in [2.75, 3.05) is 19.6 Å². The zero-order valence-corrected chi connectivity index (χ0v) is 15.6. The van der Waals surface area contributed by atoms with Gasteiger partial charge in [-0.05, 0) is 12.0 Å². The van der Waals surface area contributed by atoms with E-state index in [1.54, 1.807) is 17.9 Å². The van der Waals surface area contributed by atoms with E-state index in [1.807, 2.05) is 28.0 Å². The van der Waals surface area contributed by atoms with Crippen molar-refractivity contribution in [2.24, 2.45) is 11.8 Å². The van der Waals surface area contributed by atoms with Crippen LogP contribution in [0.2, 0.25) is 0 Å². The standard InChI is InChI=1S/C20H25N5O2/c1-15(26)25-11-17-10-23(19(27)8-5-9-24-14-21-13-22-24)12-18(17)20(25)16-6-3-2-4-7-16/h2-4,6-7,13-14,17-18,20H,5,8-12H2,1H3/t17-,18-,20-/m1/s1. The topological polar surface area (TPSA) is 71.3 Å². The molecule has 0 spiro atoms. The number of benzene rings is 1. The summed E-state index contributed by atoms with van der Waals surface area (Å²) in [5, 5.41) is 4.07. The van der Waals surface area contributed by atoms with Crippen molar-refractivity contribution >= 4 is 11.8 Å². The monoisotopic (exact) mass is 367 g/mol. The molecule has 3 heterocycles. The maximum absolute atomic E-state index is 12.7. The van der Waals surface area contributed by atoms with E-state index in [2.05, 4.69) is 22.2 Å². The lowest BCUT2D eigenvalue weighted by Crippen LogP contribution is -2.36. The number of carbonyl (C=O) groups is 2. The molecule has 2 fully saturated rings. The molecule has 3 atom stereocenters. The fourth-order valence-corrected chi connectivity index (χ4v) is 4.55. The Morgan fingerprint density at radius 3 is 2.67 bits per heavy atom. The van der Waals surface area contributed by atoms with E-state index in [9.17, 15) is 9.59 Å². The molecule has 0 radical (unpaired) electrons. The summed E-state index contributed by atoms with van der Waals surface area (Å²) in [7, 11) is 0. The van der Waals surface area contributed by atoms with Crippen molar-refractivity contribution in [2.45, 2.75) is 32.4 Å². The fraction of sp³-hybridized carbons (Fsp3) is 0.500. The normalized spacial score (nSPS) is 24.3. The number of rotatable bonds is 5. The maximum Gasteiger partial charge on any atom is 0.222 e. The van der Waals surface area contributed by atoms with Gasteiger partial charge in [-0.25, -0.2) is 4.98 Å². The summed E-state index contributed by atoms with van der Waals surface area (Å²) in [5.74, 6) is 0.989. The Morgan fingerprint density at radius 1 is 1.15 bits per heavy atom. The highest BCUT2D eigenvalue weighted by atomic mass is 16.2. The van der Waals surface area contributed by atoms with Crippen molar-refractivity contribution in [3.05, 3.63) is 48.5 Å². The molecule has 2 aromatic rings. The van der Waals surface area contributed by atoms with Crippen molar-refractivity contribution in [1.82, 2.24) is 24.6 Å². The molecule has 0 N–H and O–H groups in total. The second-order valence-electron chi connectivity index (χ2n) is 7.51. The average Bonchev–Trinajstić information content (AvgIpc) is 3.38. The molecule has 7 nitrogen and oxygen atoms in total. The summed E-state index contributed by atoms with van der Waals surface area (Å²) in [5.41, 5.74) is 1.17. The molecule has 0 saturated carbocycles. The van der Waals surface area contributed by atoms with Crippen LogP contribution in [0.5, 0.6) is 0 Å². The summed E-state index contributed by atoms with van der Waals surface area (Å²) in [6, 6.07) is 10.3. The molecule has 7 heteroatoms. The molecule has 27 heavy (non-hydrogen) atoms. The first-order chi connectivity index (χ1) is 13.1. The molecule has 2 aliphatic rings. The first-order valence-electron chi connectivity index (χ1n) is 9.56. The summed E-state index contributed by atoms with van der Waals surface area (Å²) in [6.45, 7) is 4.57. The quantitative estimate of drug-likeness (QED) is 0.807. The van der Waals surface area contributed by atoms with E-state index in [-0.39, 0.29) is 17.9 Å². The van der Waals surface area contributed by atoms with Crippen LogP contribution in [0.1, 0.15) is 31.4 Å². The zero-order valence-electron chi connectivity index (χ0n) is 15.6. The van der Waals surface area contributed by atoms with Gasteiger partial charge in [-0.2, -0.15) is 5.10 Å². The van der Waals surface area contributed by atoms with Gasteiger partial charge in [0.25, 0.3) is 0 Å². The summed E-state index contributed by atoms with van der Waals surface area (Å²) >= 11 is 0. The predicted octanol–water partition coefficient (Wildman–Crippen LogP) is 1.74. The van der Waals surface area contributed by atoms with Gasteiger partial charge in [-0.1, -0.05) is 30.3 Å². The number of hydrogen-bond donors (Lipinski definition) is 0. The molecular formula is C20H25N5O2. The Hall–Kier alpha value is -2.70. The SMILES string of the molecule is CC(=O)N1C[C@H]2CN(C(=O)CCCn3cncn3)C[C@H]2[C@H]1c1ccccc1. The second-order valence-corrected chi connectivity index (χ2v) is 7.51. The van der Waals surface area contributed by atoms with E-state index in [4.69, 9.17) is 0 Å². The van der Waals surface area contributed by atoms with Crippen LogP contribution in [0.25, 0.3) is 0 Å². The van der Waals surface area contributed by atoms with Gasteiger partial charge in [0.2, 0.25) is 11.8 Å². The number of amides is 2. The van der Waals surface area contributed by atoms with Gasteiger partial charge in [0.05, 0.1) is 6.04 Å². The molecule has 4 rings (SSSR count). The number of aryl methyl sites for hydroxylation is 1. The van der Waals surface area contributed by atoms with Crippen LogP contribution in [0, 0.1) is 11.8 Å². The van der Waals surface area contributed by atoms with Gasteiger partial charge >= 0.3 is 0 Å². The average molecular weight is 367 g/mol. The number of likely N-dealkylation sites (tertiary alicyclic amines) is 2. The van der Waals surface area contributed by atoms with Gasteiger partial charge in [0.1, 0.15) is 12.7 Å². The molecular weight excluding hydrogens is 342 g/mol. The lowest BCUT2D eigenvalue weighted by atomic mass is 9.89. The molecule has 142 valence electrons. The van der Waals surface area contributed by atoms with Crippen molar-refractivity contribution < 1.29 is 9.59 Å². The molecule has 0 unspecified atom stereocenters. The number of carbonyl (C=O) groups excluding carboxylic acids is 2. The highest BCUT2D eigenvalue weighted by Gasteiger charge is 2.49. The van der Waals surface area contributed by atoms with Gasteiger partial charge in [0, 0.05) is 51.4 Å². The summed E-state index contributed by atoms with van der Waals surface area (Å²) < 4.78 is 1.75. The second kappa shape index (κ2) is 7.50. The molecule has 0 aliphatic carbocycles. The predicted molar refractivity (Wildman–Crippen MR) is 99.4 cm³/mol. The lowest BCUT2D eigenvalue weighted by molar-refractivity contribution is -0.131. The highest BCUT2D eigenvalue weighted by molar-refractivity contribution is 5.77. The van der Waals surface area contributed by atoms with Crippen LogP contribution in [0.15, 0.2) is 43.0 Å². The summed E-state index contributed by atoms with van der Waals surface area (Å²) in [6.07, 6.45) is 4.46. The molecule has 2 saturated heterocycles. The minimum Gasteiger partial charge on any atom is -0.342 e.